The summed E-state index contributed by atoms with van der Waals surface area (Å²) < 4.78 is 45.1. The summed E-state index contributed by atoms with van der Waals surface area (Å²) in [6.45, 7) is 1.72. The summed E-state index contributed by atoms with van der Waals surface area (Å²) in [5, 5.41) is 0. The second-order valence-electron chi connectivity index (χ2n) is 5.26. The summed E-state index contributed by atoms with van der Waals surface area (Å²) in [6.07, 6.45) is 1.90. The molecule has 0 saturated carbocycles. The number of sulfonamides is 1. The van der Waals surface area contributed by atoms with E-state index < -0.39 is 15.8 Å². The van der Waals surface area contributed by atoms with Crippen LogP contribution in [-0.2, 0) is 20.6 Å². The van der Waals surface area contributed by atoms with Crippen molar-refractivity contribution in [3.05, 3.63) is 29.6 Å². The van der Waals surface area contributed by atoms with E-state index in [4.69, 9.17) is 16.3 Å². The molecular formula is C14H19ClFNO3S. The lowest BCUT2D eigenvalue weighted by Gasteiger charge is -2.26. The zero-order valence-corrected chi connectivity index (χ0v) is 13.5. The maximum atomic E-state index is 13.4. The van der Waals surface area contributed by atoms with E-state index >= 15 is 0 Å². The Morgan fingerprint density at radius 2 is 2.24 bits per heavy atom. The van der Waals surface area contributed by atoms with Crippen LogP contribution in [0.5, 0.6) is 0 Å². The van der Waals surface area contributed by atoms with Gasteiger partial charge in [-0.25, -0.2) is 17.1 Å². The largest absolute Gasteiger partial charge is 0.381 e. The van der Waals surface area contributed by atoms with Crippen molar-refractivity contribution in [2.75, 3.05) is 26.8 Å². The van der Waals surface area contributed by atoms with E-state index in [1.54, 1.807) is 0 Å². The Morgan fingerprint density at radius 1 is 1.48 bits per heavy atom. The Morgan fingerprint density at radius 3 is 2.86 bits per heavy atom. The Bertz CT molecular complexity index is 588. The maximum absolute atomic E-state index is 13.4. The SMILES string of the molecule is CN(CC1CCCOC1)S(=O)(=O)c1ccc(F)c(CCl)c1. The first-order valence-electron chi connectivity index (χ1n) is 6.83. The molecule has 21 heavy (non-hydrogen) atoms. The van der Waals surface area contributed by atoms with E-state index in [1.807, 2.05) is 0 Å². The first kappa shape index (κ1) is 16.7. The number of halogens is 2. The molecule has 1 saturated heterocycles. The van der Waals surface area contributed by atoms with E-state index in [0.29, 0.717) is 13.2 Å². The molecule has 2 rings (SSSR count). The van der Waals surface area contributed by atoms with E-state index in [-0.39, 0.29) is 22.3 Å². The minimum atomic E-state index is -3.64. The van der Waals surface area contributed by atoms with Gasteiger partial charge >= 0.3 is 0 Å². The number of alkyl halides is 1. The molecule has 0 aromatic heterocycles. The van der Waals surface area contributed by atoms with Gasteiger partial charge in [0.25, 0.3) is 0 Å². The Kier molecular flexibility index (Phi) is 5.60. The number of benzene rings is 1. The molecular weight excluding hydrogens is 317 g/mol. The standard InChI is InChI=1S/C14H19ClFNO3S/c1-17(9-11-3-2-6-20-10-11)21(18,19)13-4-5-14(16)12(7-13)8-15/h4-5,7,11H,2-3,6,8-10H2,1H3. The predicted molar refractivity (Wildman–Crippen MR) is 79.3 cm³/mol. The molecule has 1 aromatic carbocycles. The average molecular weight is 336 g/mol. The third-order valence-corrected chi connectivity index (χ3v) is 5.75. The van der Waals surface area contributed by atoms with Crippen molar-refractivity contribution in [2.24, 2.45) is 5.92 Å². The second kappa shape index (κ2) is 7.05. The van der Waals surface area contributed by atoms with Crippen LogP contribution < -0.4 is 0 Å². The number of hydrogen-bond donors (Lipinski definition) is 0. The first-order chi connectivity index (χ1) is 9.95. The fraction of sp³-hybridized carbons (Fsp3) is 0.571. The van der Waals surface area contributed by atoms with Gasteiger partial charge in [0.05, 0.1) is 17.4 Å². The van der Waals surface area contributed by atoms with Crippen LogP contribution in [0.15, 0.2) is 23.1 Å². The molecule has 1 atom stereocenters. The third kappa shape index (κ3) is 3.94. The zero-order chi connectivity index (χ0) is 15.5. The van der Waals surface area contributed by atoms with Gasteiger partial charge in [0, 0.05) is 25.8 Å². The smallest absolute Gasteiger partial charge is 0.242 e. The van der Waals surface area contributed by atoms with Crippen LogP contribution in [0, 0.1) is 11.7 Å². The van der Waals surface area contributed by atoms with Crippen molar-refractivity contribution < 1.29 is 17.5 Å². The van der Waals surface area contributed by atoms with E-state index in [0.717, 1.165) is 25.5 Å². The molecule has 1 unspecified atom stereocenters. The minimum absolute atomic E-state index is 0.0601. The lowest BCUT2D eigenvalue weighted by Crippen LogP contribution is -2.35. The number of nitrogens with zero attached hydrogens (tertiary/aromatic N) is 1. The van der Waals surface area contributed by atoms with Gasteiger partial charge in [0.15, 0.2) is 0 Å². The summed E-state index contributed by atoms with van der Waals surface area (Å²) >= 11 is 5.62. The quantitative estimate of drug-likeness (QED) is 0.777. The highest BCUT2D eigenvalue weighted by atomic mass is 35.5. The molecule has 0 N–H and O–H groups in total. The van der Waals surface area contributed by atoms with Crippen LogP contribution in [0.25, 0.3) is 0 Å². The highest BCUT2D eigenvalue weighted by Crippen LogP contribution is 2.22. The summed E-state index contributed by atoms with van der Waals surface area (Å²) in [6, 6.07) is 3.71. The topological polar surface area (TPSA) is 46.6 Å². The Balaban J connectivity index is 2.16. The molecule has 0 aliphatic carbocycles. The maximum Gasteiger partial charge on any atom is 0.242 e. The van der Waals surface area contributed by atoms with Crippen molar-refractivity contribution in [1.29, 1.82) is 0 Å². The molecule has 1 aliphatic heterocycles. The first-order valence-corrected chi connectivity index (χ1v) is 8.81. The van der Waals surface area contributed by atoms with Crippen LogP contribution in [0.3, 0.4) is 0 Å². The fourth-order valence-corrected chi connectivity index (χ4v) is 3.91. The molecule has 1 aromatic rings. The van der Waals surface area contributed by atoms with Crippen LogP contribution >= 0.6 is 11.6 Å². The van der Waals surface area contributed by atoms with Crippen LogP contribution in [0.1, 0.15) is 18.4 Å². The van der Waals surface area contributed by atoms with Crippen molar-refractivity contribution in [3.8, 4) is 0 Å². The summed E-state index contributed by atoms with van der Waals surface area (Å²) in [5.74, 6) is -0.353. The van der Waals surface area contributed by atoms with Crippen LogP contribution in [0.2, 0.25) is 0 Å². The van der Waals surface area contributed by atoms with Gasteiger partial charge in [0.1, 0.15) is 5.82 Å². The van der Waals surface area contributed by atoms with Crippen molar-refractivity contribution in [2.45, 2.75) is 23.6 Å². The molecule has 0 radical (unpaired) electrons. The summed E-state index contributed by atoms with van der Waals surface area (Å²) in [7, 11) is -2.10. The van der Waals surface area contributed by atoms with Gasteiger partial charge in [-0.3, -0.25) is 0 Å². The van der Waals surface area contributed by atoms with E-state index in [2.05, 4.69) is 0 Å². The van der Waals surface area contributed by atoms with Gasteiger partial charge in [-0.2, -0.15) is 0 Å². The molecule has 4 nitrogen and oxygen atoms in total. The summed E-state index contributed by atoms with van der Waals surface area (Å²) in [4.78, 5) is 0.0683. The average Bonchev–Trinajstić information content (AvgIpc) is 2.48. The molecule has 0 amide bonds. The molecule has 7 heteroatoms. The lowest BCUT2D eigenvalue weighted by atomic mass is 10.0. The third-order valence-electron chi connectivity index (χ3n) is 3.64. The molecule has 1 heterocycles. The predicted octanol–water partition coefficient (Wildman–Crippen LogP) is 2.61. The van der Waals surface area contributed by atoms with Crippen molar-refractivity contribution in [3.63, 3.8) is 0 Å². The number of ether oxygens (including phenoxy) is 1. The molecule has 118 valence electrons. The van der Waals surface area contributed by atoms with Gasteiger partial charge in [0.2, 0.25) is 10.0 Å². The van der Waals surface area contributed by atoms with Crippen LogP contribution in [-0.4, -0.2) is 39.5 Å². The summed E-state index contributed by atoms with van der Waals surface area (Å²) in [5.41, 5.74) is 0.187. The van der Waals surface area contributed by atoms with Gasteiger partial charge < -0.3 is 4.74 Å². The number of hydrogen-bond acceptors (Lipinski definition) is 3. The monoisotopic (exact) mass is 335 g/mol. The highest BCUT2D eigenvalue weighted by Gasteiger charge is 2.25. The van der Waals surface area contributed by atoms with Crippen LogP contribution in [0.4, 0.5) is 4.39 Å². The van der Waals surface area contributed by atoms with Crippen molar-refractivity contribution in [1.82, 2.24) is 4.31 Å². The fourth-order valence-electron chi connectivity index (χ4n) is 2.41. The van der Waals surface area contributed by atoms with E-state index in [1.165, 1.54) is 23.5 Å². The zero-order valence-electron chi connectivity index (χ0n) is 11.9. The number of rotatable bonds is 5. The lowest BCUT2D eigenvalue weighted by molar-refractivity contribution is 0.0495. The van der Waals surface area contributed by atoms with E-state index in [9.17, 15) is 12.8 Å². The van der Waals surface area contributed by atoms with Gasteiger partial charge in [-0.15, -0.1) is 11.6 Å². The Labute approximate surface area is 129 Å². The molecule has 1 fully saturated rings. The minimum Gasteiger partial charge on any atom is -0.381 e. The van der Waals surface area contributed by atoms with Gasteiger partial charge in [-0.1, -0.05) is 0 Å². The van der Waals surface area contributed by atoms with Crippen molar-refractivity contribution >= 4 is 21.6 Å². The second-order valence-corrected chi connectivity index (χ2v) is 7.57. The molecule has 0 bridgehead atoms. The molecule has 0 spiro atoms. The van der Waals surface area contributed by atoms with Gasteiger partial charge in [-0.05, 0) is 37.0 Å². The normalized spacial score (nSPS) is 19.9. The molecule has 1 aliphatic rings. The highest BCUT2D eigenvalue weighted by molar-refractivity contribution is 7.89. The Hall–Kier alpha value is -0.690.